The molecule has 1 atom stereocenters. The van der Waals surface area contributed by atoms with Gasteiger partial charge >= 0.3 is 17.9 Å². The Morgan fingerprint density at radius 1 is 0.256 bits per heavy atom. The van der Waals surface area contributed by atoms with E-state index in [1.54, 1.807) is 0 Å². The van der Waals surface area contributed by atoms with Gasteiger partial charge in [0.15, 0.2) is 6.10 Å². The van der Waals surface area contributed by atoms with Crippen LogP contribution in [0.3, 0.4) is 0 Å². The Labute approximate surface area is 512 Å². The van der Waals surface area contributed by atoms with Crippen molar-refractivity contribution in [3.05, 3.63) is 36.5 Å². The lowest BCUT2D eigenvalue weighted by Gasteiger charge is -2.18. The smallest absolute Gasteiger partial charge is 0.306 e. The molecule has 0 N–H and O–H groups in total. The maximum atomic E-state index is 13.0. The highest BCUT2D eigenvalue weighted by Gasteiger charge is 2.20. The van der Waals surface area contributed by atoms with Crippen molar-refractivity contribution in [3.63, 3.8) is 0 Å². The predicted octanol–water partition coefficient (Wildman–Crippen LogP) is 25.5. The lowest BCUT2D eigenvalue weighted by atomic mass is 10.0. The fourth-order valence-corrected chi connectivity index (χ4v) is 11.4. The summed E-state index contributed by atoms with van der Waals surface area (Å²) < 4.78 is 17.0. The van der Waals surface area contributed by atoms with Crippen molar-refractivity contribution in [1.29, 1.82) is 0 Å². The minimum atomic E-state index is -0.775. The Bertz CT molecular complexity index is 1370. The first-order valence-corrected chi connectivity index (χ1v) is 37.0. The topological polar surface area (TPSA) is 78.9 Å². The average molecular weight is 1150 g/mol. The molecule has 0 bridgehead atoms. The van der Waals surface area contributed by atoms with Crippen LogP contribution in [0.4, 0.5) is 0 Å². The van der Waals surface area contributed by atoms with Gasteiger partial charge in [0.05, 0.1) is 0 Å². The molecular formula is C76H142O6. The monoisotopic (exact) mass is 1150 g/mol. The summed E-state index contributed by atoms with van der Waals surface area (Å²) in [5.74, 6) is -0.845. The molecule has 0 aromatic heterocycles. The fourth-order valence-electron chi connectivity index (χ4n) is 11.4. The van der Waals surface area contributed by atoms with E-state index in [1.807, 2.05) is 0 Å². The number of unbranched alkanes of at least 4 members (excludes halogenated alkanes) is 52. The highest BCUT2D eigenvalue weighted by atomic mass is 16.6. The molecule has 0 aliphatic carbocycles. The number of esters is 3. The van der Waals surface area contributed by atoms with Crippen molar-refractivity contribution in [1.82, 2.24) is 0 Å². The van der Waals surface area contributed by atoms with Gasteiger partial charge in [-0.1, -0.05) is 378 Å². The van der Waals surface area contributed by atoms with E-state index >= 15 is 0 Å². The largest absolute Gasteiger partial charge is 0.462 e. The second-order valence-corrected chi connectivity index (χ2v) is 25.2. The summed E-state index contributed by atoms with van der Waals surface area (Å²) in [6.07, 6.45) is 89.0. The summed E-state index contributed by atoms with van der Waals surface area (Å²) in [7, 11) is 0. The number of rotatable bonds is 69. The number of carbonyl (C=O) groups is 3. The van der Waals surface area contributed by atoms with E-state index in [2.05, 4.69) is 57.2 Å². The van der Waals surface area contributed by atoms with Gasteiger partial charge in [0.25, 0.3) is 0 Å². The molecule has 0 aromatic rings. The number of allylic oxidation sites excluding steroid dienone is 6. The quantitative estimate of drug-likeness (QED) is 0.0261. The SMILES string of the molecule is CC/C=C\C/C=C\C/C=C\CCCCCCCCCC(=O)OCC(COC(=O)CCCCCCCCCCCCCCCCCCCCCCCCCCC)OC(=O)CCCCCCCCCCCCCCCCCCCCCCCC. The van der Waals surface area contributed by atoms with Gasteiger partial charge in [-0.05, 0) is 51.4 Å². The van der Waals surface area contributed by atoms with E-state index in [0.29, 0.717) is 19.3 Å². The maximum absolute atomic E-state index is 13.0. The molecule has 0 fully saturated rings. The van der Waals surface area contributed by atoms with E-state index in [0.717, 1.165) is 83.5 Å². The molecule has 0 heterocycles. The minimum Gasteiger partial charge on any atom is -0.462 e. The zero-order valence-electron chi connectivity index (χ0n) is 55.5. The summed E-state index contributed by atoms with van der Waals surface area (Å²) in [6, 6.07) is 0. The first-order chi connectivity index (χ1) is 40.5. The molecule has 0 saturated carbocycles. The van der Waals surface area contributed by atoms with Crippen LogP contribution in [-0.2, 0) is 28.6 Å². The van der Waals surface area contributed by atoms with Crippen molar-refractivity contribution in [3.8, 4) is 0 Å². The van der Waals surface area contributed by atoms with Crippen LogP contribution in [0, 0.1) is 0 Å². The highest BCUT2D eigenvalue weighted by Crippen LogP contribution is 2.19. The Morgan fingerprint density at radius 2 is 0.476 bits per heavy atom. The van der Waals surface area contributed by atoms with E-state index in [4.69, 9.17) is 14.2 Å². The maximum Gasteiger partial charge on any atom is 0.306 e. The molecule has 0 aliphatic rings. The van der Waals surface area contributed by atoms with Gasteiger partial charge in [0.1, 0.15) is 13.2 Å². The molecule has 1 unspecified atom stereocenters. The normalized spacial score (nSPS) is 12.2. The first-order valence-electron chi connectivity index (χ1n) is 37.0. The van der Waals surface area contributed by atoms with Gasteiger partial charge < -0.3 is 14.2 Å². The summed E-state index contributed by atoms with van der Waals surface area (Å²) in [5.41, 5.74) is 0. The minimum absolute atomic E-state index is 0.0690. The van der Waals surface area contributed by atoms with Gasteiger partial charge in [-0.2, -0.15) is 0 Å². The molecule has 0 aliphatic heterocycles. The van der Waals surface area contributed by atoms with Crippen molar-refractivity contribution in [2.24, 2.45) is 0 Å². The second-order valence-electron chi connectivity index (χ2n) is 25.2. The number of hydrogen-bond acceptors (Lipinski definition) is 6. The van der Waals surface area contributed by atoms with Gasteiger partial charge in [0.2, 0.25) is 0 Å². The summed E-state index contributed by atoms with van der Waals surface area (Å²) in [5, 5.41) is 0. The Kier molecular flexibility index (Phi) is 69.1. The van der Waals surface area contributed by atoms with Crippen LogP contribution in [0.5, 0.6) is 0 Å². The zero-order chi connectivity index (χ0) is 59.2. The molecule has 0 saturated heterocycles. The number of hydrogen-bond donors (Lipinski definition) is 0. The van der Waals surface area contributed by atoms with Crippen LogP contribution in [0.25, 0.3) is 0 Å². The van der Waals surface area contributed by atoms with Crippen LogP contribution < -0.4 is 0 Å². The van der Waals surface area contributed by atoms with Crippen LogP contribution in [0.2, 0.25) is 0 Å². The third kappa shape index (κ3) is 68.4. The van der Waals surface area contributed by atoms with Crippen LogP contribution >= 0.6 is 0 Å². The van der Waals surface area contributed by atoms with Crippen molar-refractivity contribution >= 4 is 17.9 Å². The fraction of sp³-hybridized carbons (Fsp3) is 0.882. The molecule has 0 spiro atoms. The van der Waals surface area contributed by atoms with E-state index in [1.165, 1.54) is 289 Å². The van der Waals surface area contributed by atoms with E-state index in [-0.39, 0.29) is 31.1 Å². The van der Waals surface area contributed by atoms with Gasteiger partial charge in [-0.25, -0.2) is 0 Å². The van der Waals surface area contributed by atoms with Crippen LogP contribution in [0.1, 0.15) is 412 Å². The molecule has 6 nitrogen and oxygen atoms in total. The van der Waals surface area contributed by atoms with Crippen molar-refractivity contribution in [2.75, 3.05) is 13.2 Å². The molecule has 0 radical (unpaired) electrons. The Balaban J connectivity index is 4.26. The standard InChI is InChI=1S/C76H142O6/c1-4-7-10-13-16-19-22-25-28-31-33-35-37-38-39-41-42-45-48-51-54-57-60-63-66-69-75(78)81-72-73(71-80-74(77)68-65-62-59-56-53-50-47-44-30-27-24-21-18-15-12-9-6-3)82-76(79)70-67-64-61-58-55-52-49-46-43-40-36-34-32-29-26-23-20-17-14-11-8-5-2/h9,12,18,21,27,30,73H,4-8,10-11,13-17,19-20,22-26,28-29,31-72H2,1-3H3/b12-9-,21-18-,30-27-. The Morgan fingerprint density at radius 3 is 0.744 bits per heavy atom. The lowest BCUT2D eigenvalue weighted by molar-refractivity contribution is -0.167. The van der Waals surface area contributed by atoms with Crippen LogP contribution in [-0.4, -0.2) is 37.2 Å². The summed E-state index contributed by atoms with van der Waals surface area (Å²) >= 11 is 0. The highest BCUT2D eigenvalue weighted by molar-refractivity contribution is 5.71. The molecule has 0 aromatic carbocycles. The Hall–Kier alpha value is -2.37. The molecule has 0 amide bonds. The van der Waals surface area contributed by atoms with E-state index in [9.17, 15) is 14.4 Å². The summed E-state index contributed by atoms with van der Waals surface area (Å²) in [6.45, 7) is 6.62. The molecule has 82 heavy (non-hydrogen) atoms. The first kappa shape index (κ1) is 79.6. The van der Waals surface area contributed by atoms with Gasteiger partial charge in [-0.15, -0.1) is 0 Å². The molecular weight excluding hydrogens is 1010 g/mol. The lowest BCUT2D eigenvalue weighted by Crippen LogP contribution is -2.30. The zero-order valence-corrected chi connectivity index (χ0v) is 55.5. The third-order valence-electron chi connectivity index (χ3n) is 16.9. The molecule has 482 valence electrons. The average Bonchev–Trinajstić information content (AvgIpc) is 3.47. The third-order valence-corrected chi connectivity index (χ3v) is 16.9. The van der Waals surface area contributed by atoms with Crippen molar-refractivity contribution in [2.45, 2.75) is 419 Å². The van der Waals surface area contributed by atoms with Crippen molar-refractivity contribution < 1.29 is 28.6 Å². The van der Waals surface area contributed by atoms with Crippen LogP contribution in [0.15, 0.2) is 36.5 Å². The second kappa shape index (κ2) is 71.1. The number of carbonyl (C=O) groups excluding carboxylic acids is 3. The van der Waals surface area contributed by atoms with E-state index < -0.39 is 6.10 Å². The molecule has 0 rings (SSSR count). The van der Waals surface area contributed by atoms with Gasteiger partial charge in [0, 0.05) is 19.3 Å². The van der Waals surface area contributed by atoms with Gasteiger partial charge in [-0.3, -0.25) is 14.4 Å². The molecule has 6 heteroatoms. The predicted molar refractivity (Wildman–Crippen MR) is 358 cm³/mol. The number of ether oxygens (including phenoxy) is 3. The summed E-state index contributed by atoms with van der Waals surface area (Å²) in [4.78, 5) is 38.5.